The van der Waals surface area contributed by atoms with Gasteiger partial charge >= 0.3 is 0 Å². The quantitative estimate of drug-likeness (QED) is 0.335. The Hall–Kier alpha value is -3.37. The Bertz CT molecular complexity index is 1260. The standard InChI is InChI=1S/C32H42F2N4O4/c1-4-9-37(10-5-2)31(41)24-13-20(3)12-23(17-24)30(40)36-27(16-22-14-25(33)18-26(34)15-22)29(39)28-32(42)38(11-8-35-28)19-21-6-7-21/h12-15,17-18,21,27-29,35,39H,4-11,16,19H2,1-3H3,(H,36,40)/t27-,28-,29?/m0/s1. The number of halogens is 2. The summed E-state index contributed by atoms with van der Waals surface area (Å²) in [6.45, 7) is 8.61. The van der Waals surface area contributed by atoms with Gasteiger partial charge in [-0.3, -0.25) is 14.4 Å². The second-order valence-corrected chi connectivity index (χ2v) is 11.6. The van der Waals surface area contributed by atoms with Gasteiger partial charge in [0.1, 0.15) is 17.7 Å². The number of piperazine rings is 1. The van der Waals surface area contributed by atoms with Crippen LogP contribution in [0, 0.1) is 24.5 Å². The summed E-state index contributed by atoms with van der Waals surface area (Å²) in [6.07, 6.45) is 2.25. The van der Waals surface area contributed by atoms with Crippen LogP contribution in [0.15, 0.2) is 36.4 Å². The van der Waals surface area contributed by atoms with Gasteiger partial charge in [0, 0.05) is 49.9 Å². The zero-order valence-electron chi connectivity index (χ0n) is 24.7. The summed E-state index contributed by atoms with van der Waals surface area (Å²) < 4.78 is 28.1. The number of amides is 3. The van der Waals surface area contributed by atoms with Gasteiger partial charge in [-0.15, -0.1) is 0 Å². The molecule has 0 bridgehead atoms. The van der Waals surface area contributed by atoms with Crippen LogP contribution < -0.4 is 10.6 Å². The molecule has 3 amide bonds. The molecule has 0 aromatic heterocycles. The summed E-state index contributed by atoms with van der Waals surface area (Å²) in [4.78, 5) is 43.7. The van der Waals surface area contributed by atoms with Crippen molar-refractivity contribution < 1.29 is 28.3 Å². The lowest BCUT2D eigenvalue weighted by atomic mass is 9.93. The number of nitrogens with one attached hydrogen (secondary N) is 2. The van der Waals surface area contributed by atoms with Gasteiger partial charge < -0.3 is 25.5 Å². The fraction of sp³-hybridized carbons (Fsp3) is 0.531. The van der Waals surface area contributed by atoms with Crippen molar-refractivity contribution in [1.82, 2.24) is 20.4 Å². The molecule has 3 N–H and O–H groups in total. The summed E-state index contributed by atoms with van der Waals surface area (Å²) >= 11 is 0. The highest BCUT2D eigenvalue weighted by atomic mass is 19.1. The van der Waals surface area contributed by atoms with Crippen molar-refractivity contribution in [3.8, 4) is 0 Å². The van der Waals surface area contributed by atoms with Gasteiger partial charge in [-0.05, 0) is 86.4 Å². The number of rotatable bonds is 13. The minimum atomic E-state index is -1.38. The van der Waals surface area contributed by atoms with E-state index in [1.165, 1.54) is 6.07 Å². The van der Waals surface area contributed by atoms with Crippen molar-refractivity contribution in [3.05, 3.63) is 70.3 Å². The monoisotopic (exact) mass is 584 g/mol. The second-order valence-electron chi connectivity index (χ2n) is 11.6. The van der Waals surface area contributed by atoms with Crippen molar-refractivity contribution in [2.24, 2.45) is 5.92 Å². The van der Waals surface area contributed by atoms with E-state index in [4.69, 9.17) is 0 Å². The first-order chi connectivity index (χ1) is 20.1. The number of hydrogen-bond donors (Lipinski definition) is 3. The predicted octanol–water partition coefficient (Wildman–Crippen LogP) is 3.45. The van der Waals surface area contributed by atoms with Gasteiger partial charge in [-0.1, -0.05) is 13.8 Å². The molecule has 2 aromatic rings. The molecule has 2 aromatic carbocycles. The Labute approximate surface area is 246 Å². The lowest BCUT2D eigenvalue weighted by molar-refractivity contribution is -0.139. The van der Waals surface area contributed by atoms with Gasteiger partial charge in [-0.25, -0.2) is 8.78 Å². The van der Waals surface area contributed by atoms with Crippen LogP contribution in [0.2, 0.25) is 0 Å². The van der Waals surface area contributed by atoms with Crippen molar-refractivity contribution in [2.75, 3.05) is 32.7 Å². The third-order valence-corrected chi connectivity index (χ3v) is 7.81. The molecule has 3 atom stereocenters. The van der Waals surface area contributed by atoms with Crippen LogP contribution in [-0.4, -0.2) is 83.5 Å². The minimum absolute atomic E-state index is 0.117. The fourth-order valence-corrected chi connectivity index (χ4v) is 5.61. The van der Waals surface area contributed by atoms with Crippen molar-refractivity contribution in [1.29, 1.82) is 0 Å². The van der Waals surface area contributed by atoms with Crippen LogP contribution in [-0.2, 0) is 11.2 Å². The van der Waals surface area contributed by atoms with E-state index in [1.54, 1.807) is 28.9 Å². The Morgan fingerprint density at radius 2 is 1.69 bits per heavy atom. The first-order valence-electron chi connectivity index (χ1n) is 15.0. The van der Waals surface area contributed by atoms with Gasteiger partial charge in [0.05, 0.1) is 12.1 Å². The van der Waals surface area contributed by atoms with Gasteiger partial charge in [-0.2, -0.15) is 0 Å². The highest BCUT2D eigenvalue weighted by Crippen LogP contribution is 2.30. The smallest absolute Gasteiger partial charge is 0.253 e. The maximum atomic E-state index is 14.0. The number of hydrogen-bond acceptors (Lipinski definition) is 5. The average Bonchev–Trinajstić information content (AvgIpc) is 3.76. The lowest BCUT2D eigenvalue weighted by Gasteiger charge is -2.38. The Kier molecular flexibility index (Phi) is 10.7. The normalized spacial score (nSPS) is 18.5. The maximum absolute atomic E-state index is 14.0. The highest BCUT2D eigenvalue weighted by Gasteiger charge is 2.40. The lowest BCUT2D eigenvalue weighted by Crippen LogP contribution is -2.64. The zero-order chi connectivity index (χ0) is 30.4. The van der Waals surface area contributed by atoms with Gasteiger partial charge in [0.2, 0.25) is 5.91 Å². The van der Waals surface area contributed by atoms with Crippen molar-refractivity contribution >= 4 is 17.7 Å². The molecule has 1 aliphatic carbocycles. The van der Waals surface area contributed by atoms with E-state index in [1.807, 2.05) is 13.8 Å². The summed E-state index contributed by atoms with van der Waals surface area (Å²) in [6, 6.07) is 5.89. The summed E-state index contributed by atoms with van der Waals surface area (Å²) in [5, 5.41) is 17.4. The minimum Gasteiger partial charge on any atom is -0.389 e. The maximum Gasteiger partial charge on any atom is 0.253 e. The van der Waals surface area contributed by atoms with Crippen LogP contribution in [0.25, 0.3) is 0 Å². The van der Waals surface area contributed by atoms with E-state index in [9.17, 15) is 28.3 Å². The molecular weight excluding hydrogens is 542 g/mol. The number of carbonyl (C=O) groups excluding carboxylic acids is 3. The Morgan fingerprint density at radius 3 is 2.31 bits per heavy atom. The average molecular weight is 585 g/mol. The molecule has 2 aliphatic rings. The van der Waals surface area contributed by atoms with E-state index in [2.05, 4.69) is 10.6 Å². The molecule has 1 saturated heterocycles. The van der Waals surface area contributed by atoms with Crippen LogP contribution in [0.3, 0.4) is 0 Å². The largest absolute Gasteiger partial charge is 0.389 e. The third kappa shape index (κ3) is 8.13. The van der Waals surface area contributed by atoms with E-state index in [0.717, 1.165) is 43.9 Å². The zero-order valence-corrected chi connectivity index (χ0v) is 24.7. The number of carbonyl (C=O) groups is 3. The van der Waals surface area contributed by atoms with Crippen LogP contribution in [0.5, 0.6) is 0 Å². The molecule has 8 nitrogen and oxygen atoms in total. The number of aliphatic hydroxyl groups excluding tert-OH is 1. The molecular formula is C32H42F2N4O4. The van der Waals surface area contributed by atoms with Crippen molar-refractivity contribution in [3.63, 3.8) is 0 Å². The first-order valence-corrected chi connectivity index (χ1v) is 15.0. The van der Waals surface area contributed by atoms with Gasteiger partial charge in [0.15, 0.2) is 0 Å². The molecule has 1 saturated carbocycles. The second kappa shape index (κ2) is 14.2. The number of aliphatic hydroxyl groups is 1. The van der Waals surface area contributed by atoms with Gasteiger partial charge in [0.25, 0.3) is 11.8 Å². The Morgan fingerprint density at radius 1 is 1.05 bits per heavy atom. The van der Waals surface area contributed by atoms with E-state index in [0.29, 0.717) is 49.8 Å². The van der Waals surface area contributed by atoms with Crippen molar-refractivity contribution in [2.45, 2.75) is 71.1 Å². The number of aryl methyl sites for hydroxylation is 1. The molecule has 2 fully saturated rings. The van der Waals surface area contributed by atoms with E-state index in [-0.39, 0.29) is 29.4 Å². The molecule has 1 heterocycles. The van der Waals surface area contributed by atoms with E-state index < -0.39 is 35.7 Å². The van der Waals surface area contributed by atoms with Crippen LogP contribution in [0.4, 0.5) is 8.78 Å². The number of benzene rings is 2. The topological polar surface area (TPSA) is 102 Å². The highest BCUT2D eigenvalue weighted by molar-refractivity contribution is 6.00. The molecule has 0 radical (unpaired) electrons. The first kappa shape index (κ1) is 31.6. The third-order valence-electron chi connectivity index (χ3n) is 7.81. The SMILES string of the molecule is CCCN(CCC)C(=O)c1cc(C)cc(C(=O)N[C@@H](Cc2cc(F)cc(F)c2)C(O)[C@@H]2NCCN(CC3CC3)C2=O)c1. The molecule has 4 rings (SSSR count). The Balaban J connectivity index is 1.59. The fourth-order valence-electron chi connectivity index (χ4n) is 5.61. The predicted molar refractivity (Wildman–Crippen MR) is 156 cm³/mol. The van der Waals surface area contributed by atoms with E-state index >= 15 is 0 Å². The summed E-state index contributed by atoms with van der Waals surface area (Å²) in [5.74, 6) is -2.09. The molecule has 10 heteroatoms. The summed E-state index contributed by atoms with van der Waals surface area (Å²) in [7, 11) is 0. The molecule has 0 spiro atoms. The molecule has 1 unspecified atom stereocenters. The van der Waals surface area contributed by atoms with Crippen LogP contribution in [0.1, 0.15) is 71.4 Å². The molecule has 228 valence electrons. The molecule has 42 heavy (non-hydrogen) atoms. The molecule has 1 aliphatic heterocycles. The van der Waals surface area contributed by atoms with Crippen LogP contribution >= 0.6 is 0 Å². The summed E-state index contributed by atoms with van der Waals surface area (Å²) in [5.41, 5.74) is 1.53. The number of nitrogens with zero attached hydrogens (tertiary/aromatic N) is 2.